The number of piperazine rings is 1. The molecule has 1 aromatic heterocycles. The topological polar surface area (TPSA) is 39.7 Å². The second-order valence-corrected chi connectivity index (χ2v) is 8.48. The summed E-state index contributed by atoms with van der Waals surface area (Å²) in [7, 11) is 1.88. The van der Waals surface area contributed by atoms with Crippen LogP contribution in [0.3, 0.4) is 0 Å². The van der Waals surface area contributed by atoms with Gasteiger partial charge in [-0.15, -0.1) is 11.3 Å². The van der Waals surface area contributed by atoms with Gasteiger partial charge in [-0.2, -0.15) is 0 Å². The summed E-state index contributed by atoms with van der Waals surface area (Å²) in [6.07, 6.45) is 0. The fourth-order valence-electron chi connectivity index (χ4n) is 3.54. The van der Waals surface area contributed by atoms with Gasteiger partial charge in [0.25, 0.3) is 0 Å². The van der Waals surface area contributed by atoms with E-state index >= 15 is 0 Å². The van der Waals surface area contributed by atoms with Crippen molar-refractivity contribution in [3.8, 4) is 0 Å². The molecule has 2 heterocycles. The van der Waals surface area contributed by atoms with Crippen LogP contribution in [-0.2, 0) is 17.9 Å². The van der Waals surface area contributed by atoms with Crippen molar-refractivity contribution in [1.29, 1.82) is 0 Å². The van der Waals surface area contributed by atoms with Gasteiger partial charge < -0.3 is 4.90 Å². The van der Waals surface area contributed by atoms with E-state index < -0.39 is 0 Å². The Bertz CT molecular complexity index is 885. The third-order valence-electron chi connectivity index (χ3n) is 5.21. The third-order valence-corrected chi connectivity index (χ3v) is 6.23. The van der Waals surface area contributed by atoms with Crippen LogP contribution in [0.5, 0.6) is 0 Å². The van der Waals surface area contributed by atoms with Gasteiger partial charge in [-0.25, -0.2) is 4.98 Å². The number of nitrogens with zero attached hydrogens (tertiary/aromatic N) is 4. The van der Waals surface area contributed by atoms with Crippen LogP contribution in [0.15, 0.2) is 54.6 Å². The fraction of sp³-hybridized carbons (Fsp3) is 0.364. The summed E-state index contributed by atoms with van der Waals surface area (Å²) in [5.74, 6) is 0.163. The number of hydrogen-bond acceptors (Lipinski definition) is 5. The Hall–Kier alpha value is -2.28. The van der Waals surface area contributed by atoms with Gasteiger partial charge in [0.15, 0.2) is 0 Å². The standard InChI is InChI=1S/C22H26N4OS/c1-24(16-21-23-19-9-5-6-10-20(19)28-21)22(27)17-26-13-11-25(12-14-26)15-18-7-3-2-4-8-18/h2-10H,11-17H2,1H3. The second kappa shape index (κ2) is 8.82. The molecule has 3 aromatic rings. The number of amides is 1. The van der Waals surface area contributed by atoms with E-state index in [1.54, 1.807) is 16.2 Å². The van der Waals surface area contributed by atoms with Crippen LogP contribution in [0.4, 0.5) is 0 Å². The van der Waals surface area contributed by atoms with Crippen molar-refractivity contribution in [2.45, 2.75) is 13.1 Å². The van der Waals surface area contributed by atoms with Crippen LogP contribution in [0.25, 0.3) is 10.2 Å². The van der Waals surface area contributed by atoms with Crippen molar-refractivity contribution in [3.05, 3.63) is 65.2 Å². The van der Waals surface area contributed by atoms with Gasteiger partial charge in [0.1, 0.15) is 5.01 Å². The first-order chi connectivity index (χ1) is 13.7. The molecule has 1 aliphatic heterocycles. The van der Waals surface area contributed by atoms with Gasteiger partial charge in [0.2, 0.25) is 5.91 Å². The molecular weight excluding hydrogens is 368 g/mol. The number of likely N-dealkylation sites (N-methyl/N-ethyl adjacent to an activating group) is 1. The lowest BCUT2D eigenvalue weighted by Gasteiger charge is -2.35. The zero-order valence-electron chi connectivity index (χ0n) is 16.3. The van der Waals surface area contributed by atoms with Crippen LogP contribution >= 0.6 is 11.3 Å². The third kappa shape index (κ3) is 4.76. The molecule has 0 unspecified atom stereocenters. The van der Waals surface area contributed by atoms with Gasteiger partial charge in [-0.3, -0.25) is 14.6 Å². The molecule has 1 amide bonds. The zero-order chi connectivity index (χ0) is 19.3. The Morgan fingerprint density at radius 2 is 1.68 bits per heavy atom. The number of hydrogen-bond donors (Lipinski definition) is 0. The monoisotopic (exact) mass is 394 g/mol. The molecule has 0 saturated carbocycles. The molecule has 28 heavy (non-hydrogen) atoms. The predicted molar refractivity (Wildman–Crippen MR) is 114 cm³/mol. The average Bonchev–Trinajstić information content (AvgIpc) is 3.12. The van der Waals surface area contributed by atoms with E-state index in [2.05, 4.69) is 51.2 Å². The summed E-state index contributed by atoms with van der Waals surface area (Å²) < 4.78 is 1.17. The predicted octanol–water partition coefficient (Wildman–Crippen LogP) is 3.07. The maximum atomic E-state index is 12.7. The molecular formula is C22H26N4OS. The highest BCUT2D eigenvalue weighted by atomic mass is 32.1. The van der Waals surface area contributed by atoms with Crippen LogP contribution in [0.2, 0.25) is 0 Å². The Kier molecular flexibility index (Phi) is 6.00. The summed E-state index contributed by atoms with van der Waals surface area (Å²) in [4.78, 5) is 23.8. The molecule has 0 aliphatic carbocycles. The molecule has 1 aliphatic rings. The van der Waals surface area contributed by atoms with Gasteiger partial charge in [-0.1, -0.05) is 42.5 Å². The highest BCUT2D eigenvalue weighted by molar-refractivity contribution is 7.18. The average molecular weight is 395 g/mol. The summed E-state index contributed by atoms with van der Waals surface area (Å²) in [5.41, 5.74) is 2.36. The number of carbonyl (C=O) groups excluding carboxylic acids is 1. The number of carbonyl (C=O) groups is 1. The lowest BCUT2D eigenvalue weighted by Crippen LogP contribution is -2.49. The Balaban J connectivity index is 1.24. The minimum atomic E-state index is 0.163. The SMILES string of the molecule is CN(Cc1nc2ccccc2s1)C(=O)CN1CCN(Cc2ccccc2)CC1. The van der Waals surface area contributed by atoms with Crippen molar-refractivity contribution >= 4 is 27.5 Å². The van der Waals surface area contributed by atoms with Crippen molar-refractivity contribution in [2.24, 2.45) is 0 Å². The molecule has 0 spiro atoms. The molecule has 6 heteroatoms. The van der Waals surface area contributed by atoms with Gasteiger partial charge >= 0.3 is 0 Å². The van der Waals surface area contributed by atoms with Crippen LogP contribution in [-0.4, -0.2) is 65.4 Å². The summed E-state index contributed by atoms with van der Waals surface area (Å²) in [5, 5.41) is 0.990. The molecule has 1 fully saturated rings. The maximum Gasteiger partial charge on any atom is 0.236 e. The molecule has 5 nitrogen and oxygen atoms in total. The first kappa shape index (κ1) is 19.1. The Labute approximate surface area is 170 Å². The van der Waals surface area contributed by atoms with Crippen LogP contribution in [0, 0.1) is 0 Å². The molecule has 0 bridgehead atoms. The molecule has 1 saturated heterocycles. The molecule has 0 atom stereocenters. The molecule has 0 N–H and O–H groups in total. The van der Waals surface area contributed by atoms with E-state index in [1.165, 1.54) is 10.3 Å². The molecule has 4 rings (SSSR count). The highest BCUT2D eigenvalue weighted by Crippen LogP contribution is 2.22. The Morgan fingerprint density at radius 3 is 2.43 bits per heavy atom. The van der Waals surface area contributed by atoms with Crippen molar-refractivity contribution < 1.29 is 4.79 Å². The molecule has 146 valence electrons. The maximum absolute atomic E-state index is 12.7. The lowest BCUT2D eigenvalue weighted by atomic mass is 10.2. The van der Waals surface area contributed by atoms with E-state index in [1.807, 2.05) is 25.2 Å². The van der Waals surface area contributed by atoms with Gasteiger partial charge in [0, 0.05) is 39.8 Å². The van der Waals surface area contributed by atoms with Gasteiger partial charge in [0.05, 0.1) is 23.3 Å². The summed E-state index contributed by atoms with van der Waals surface area (Å²) >= 11 is 1.66. The van der Waals surface area contributed by atoms with Gasteiger partial charge in [-0.05, 0) is 17.7 Å². The number of aromatic nitrogens is 1. The molecule has 0 radical (unpaired) electrons. The number of rotatable bonds is 6. The largest absolute Gasteiger partial charge is 0.338 e. The van der Waals surface area contributed by atoms with Crippen LogP contribution in [0.1, 0.15) is 10.6 Å². The summed E-state index contributed by atoms with van der Waals surface area (Å²) in [6, 6.07) is 18.7. The van der Waals surface area contributed by atoms with E-state index in [9.17, 15) is 4.79 Å². The highest BCUT2D eigenvalue weighted by Gasteiger charge is 2.21. The van der Waals surface area contributed by atoms with Crippen molar-refractivity contribution in [3.63, 3.8) is 0 Å². The molecule has 2 aromatic carbocycles. The minimum Gasteiger partial charge on any atom is -0.338 e. The minimum absolute atomic E-state index is 0.163. The number of para-hydroxylation sites is 1. The first-order valence-electron chi connectivity index (χ1n) is 9.74. The first-order valence-corrected chi connectivity index (χ1v) is 10.6. The number of thiazole rings is 1. The van der Waals surface area contributed by atoms with E-state index in [0.29, 0.717) is 13.1 Å². The number of fused-ring (bicyclic) bond motifs is 1. The van der Waals surface area contributed by atoms with Crippen molar-refractivity contribution in [1.82, 2.24) is 19.7 Å². The smallest absolute Gasteiger partial charge is 0.236 e. The zero-order valence-corrected chi connectivity index (χ0v) is 17.1. The lowest BCUT2D eigenvalue weighted by molar-refractivity contribution is -0.132. The van der Waals surface area contributed by atoms with Crippen LogP contribution < -0.4 is 0 Å². The van der Waals surface area contributed by atoms with E-state index in [0.717, 1.165) is 43.2 Å². The fourth-order valence-corrected chi connectivity index (χ4v) is 4.56. The quantitative estimate of drug-likeness (QED) is 0.644. The Morgan fingerprint density at radius 1 is 1.00 bits per heavy atom. The second-order valence-electron chi connectivity index (χ2n) is 7.36. The number of benzene rings is 2. The normalized spacial score (nSPS) is 15.8. The van der Waals surface area contributed by atoms with Crippen molar-refractivity contribution in [2.75, 3.05) is 39.8 Å². The van der Waals surface area contributed by atoms with E-state index in [-0.39, 0.29) is 5.91 Å². The summed E-state index contributed by atoms with van der Waals surface area (Å²) in [6.45, 7) is 5.93. The van der Waals surface area contributed by atoms with E-state index in [4.69, 9.17) is 0 Å².